The molecule has 2 aromatic carbocycles. The Kier molecular flexibility index (Phi) is 10.2. The molecule has 0 fully saturated rings. The van der Waals surface area contributed by atoms with Crippen molar-refractivity contribution in [2.45, 2.75) is 53.4 Å². The number of fused-ring (bicyclic) bond motifs is 1. The van der Waals surface area contributed by atoms with E-state index in [0.717, 1.165) is 28.1 Å². The number of pyridine rings is 1. The molecular formula is C30H32IrNO3-. The molecular weight excluding hydrogens is 615 g/mol. The van der Waals surface area contributed by atoms with Gasteiger partial charge >= 0.3 is 0 Å². The number of aromatic nitrogens is 1. The maximum Gasteiger partial charge on any atom is 0.155 e. The molecule has 2 aromatic heterocycles. The molecule has 0 saturated heterocycles. The quantitative estimate of drug-likeness (QED) is 0.135. The Morgan fingerprint density at radius 2 is 1.63 bits per heavy atom. The van der Waals surface area contributed by atoms with Crippen molar-refractivity contribution in [3.05, 3.63) is 89.7 Å². The third kappa shape index (κ3) is 7.24. The molecule has 5 heteroatoms. The minimum Gasteiger partial charge on any atom is -0.512 e. The van der Waals surface area contributed by atoms with Crippen LogP contribution >= 0.6 is 0 Å². The largest absolute Gasteiger partial charge is 0.512 e. The molecule has 0 aliphatic carbocycles. The van der Waals surface area contributed by atoms with Crippen LogP contribution in [0.4, 0.5) is 0 Å². The van der Waals surface area contributed by atoms with Gasteiger partial charge in [-0.1, -0.05) is 52.0 Å². The number of furan rings is 1. The molecule has 0 bridgehead atoms. The predicted molar refractivity (Wildman–Crippen MR) is 139 cm³/mol. The van der Waals surface area contributed by atoms with Crippen LogP contribution in [-0.4, -0.2) is 15.9 Å². The molecule has 0 aliphatic heterocycles. The number of hydrogen-bond donors (Lipinski definition) is 1. The Morgan fingerprint density at radius 1 is 0.971 bits per heavy atom. The first-order valence-corrected chi connectivity index (χ1v) is 11.6. The van der Waals surface area contributed by atoms with Gasteiger partial charge in [0.2, 0.25) is 0 Å². The predicted octanol–water partition coefficient (Wildman–Crippen LogP) is 8.24. The summed E-state index contributed by atoms with van der Waals surface area (Å²) in [6.45, 7) is 11.8. The van der Waals surface area contributed by atoms with Crippen molar-refractivity contribution in [3.63, 3.8) is 0 Å². The minimum absolute atomic E-state index is 0. The van der Waals surface area contributed by atoms with Crippen LogP contribution in [0.15, 0.2) is 76.9 Å². The summed E-state index contributed by atoms with van der Waals surface area (Å²) in [5.41, 5.74) is 7.46. The summed E-state index contributed by atoms with van der Waals surface area (Å²) in [4.78, 5) is 14.8. The molecule has 4 rings (SSSR count). The molecule has 0 unspecified atom stereocenters. The molecule has 0 atom stereocenters. The van der Waals surface area contributed by atoms with Crippen LogP contribution in [0.25, 0.3) is 33.7 Å². The van der Waals surface area contributed by atoms with Crippen LogP contribution in [0.5, 0.6) is 0 Å². The number of hydrogen-bond acceptors (Lipinski definition) is 4. The number of nitrogens with zero attached hydrogens (tertiary/aromatic N) is 1. The van der Waals surface area contributed by atoms with Gasteiger partial charge in [-0.3, -0.25) is 9.78 Å². The van der Waals surface area contributed by atoms with Crippen LogP contribution in [-0.2, 0) is 24.9 Å². The SMILES string of the molecule is CC(=O)/C=C(/C)O.CC(C)c1cccc(C(C)C)c1-c1cc2nc(-c3[c-]cccc3)ccc2o1.[Ir]. The molecule has 185 valence electrons. The van der Waals surface area contributed by atoms with Crippen molar-refractivity contribution in [2.75, 3.05) is 0 Å². The number of aliphatic hydroxyl groups excluding tert-OH is 1. The van der Waals surface area contributed by atoms with Crippen molar-refractivity contribution < 1.29 is 34.4 Å². The van der Waals surface area contributed by atoms with E-state index in [1.807, 2.05) is 36.4 Å². The first-order chi connectivity index (χ1) is 16.2. The van der Waals surface area contributed by atoms with Crippen LogP contribution < -0.4 is 0 Å². The number of carbonyl (C=O) groups excluding carboxylic acids is 1. The summed E-state index contributed by atoms with van der Waals surface area (Å²) in [6.07, 6.45) is 1.17. The van der Waals surface area contributed by atoms with Crippen molar-refractivity contribution >= 4 is 16.9 Å². The zero-order chi connectivity index (χ0) is 24.8. The minimum atomic E-state index is -0.125. The van der Waals surface area contributed by atoms with Gasteiger partial charge in [-0.05, 0) is 48.6 Å². The second-order valence-corrected chi connectivity index (χ2v) is 8.98. The van der Waals surface area contributed by atoms with Crippen molar-refractivity contribution in [2.24, 2.45) is 0 Å². The normalized spacial score (nSPS) is 11.3. The first kappa shape index (κ1) is 28.2. The summed E-state index contributed by atoms with van der Waals surface area (Å²) in [7, 11) is 0. The van der Waals surface area contributed by atoms with E-state index in [4.69, 9.17) is 14.5 Å². The molecule has 4 aromatic rings. The summed E-state index contributed by atoms with van der Waals surface area (Å²) in [6, 6.07) is 23.8. The van der Waals surface area contributed by atoms with E-state index >= 15 is 0 Å². The van der Waals surface area contributed by atoms with Crippen LogP contribution in [0, 0.1) is 6.07 Å². The van der Waals surface area contributed by atoms with Gasteiger partial charge in [-0.2, -0.15) is 0 Å². The van der Waals surface area contributed by atoms with E-state index in [0.29, 0.717) is 11.8 Å². The van der Waals surface area contributed by atoms with Crippen molar-refractivity contribution in [3.8, 4) is 22.6 Å². The summed E-state index contributed by atoms with van der Waals surface area (Å²) >= 11 is 0. The van der Waals surface area contributed by atoms with Crippen LogP contribution in [0.1, 0.15) is 64.5 Å². The van der Waals surface area contributed by atoms with Gasteiger partial charge in [0, 0.05) is 37.8 Å². The second kappa shape index (κ2) is 12.6. The number of rotatable bonds is 5. The smallest absolute Gasteiger partial charge is 0.155 e. The van der Waals surface area contributed by atoms with Gasteiger partial charge < -0.3 is 9.52 Å². The van der Waals surface area contributed by atoms with Gasteiger partial charge in [0.25, 0.3) is 0 Å². The number of carbonyl (C=O) groups is 1. The molecule has 0 aliphatic rings. The Balaban J connectivity index is 0.000000476. The maximum atomic E-state index is 10.0. The Morgan fingerprint density at radius 3 is 2.11 bits per heavy atom. The van der Waals surface area contributed by atoms with Gasteiger partial charge in [0.05, 0.1) is 11.3 Å². The molecule has 1 radical (unpaired) electrons. The third-order valence-corrected chi connectivity index (χ3v) is 5.39. The standard InChI is InChI=1S/C25H24NO.C5H8O2.Ir/c1-16(2)19-11-8-12-20(17(3)4)25(19)24-15-22-23(27-24)14-13-21(26-22)18-9-6-5-7-10-18;1-4(6)3-5(2)7;/h5-9,11-17H,1-4H3;3,6H,1-2H3;/q-1;;/b;4-3-;. The Hall–Kier alpha value is -3.01. The summed E-state index contributed by atoms with van der Waals surface area (Å²) in [5.74, 6) is 1.69. The van der Waals surface area contributed by atoms with Gasteiger partial charge in [-0.25, -0.2) is 0 Å². The monoisotopic (exact) mass is 647 g/mol. The fraction of sp³-hybridized carbons (Fsp3) is 0.267. The fourth-order valence-corrected chi connectivity index (χ4v) is 3.88. The Bertz CT molecular complexity index is 1270. The van der Waals surface area contributed by atoms with Crippen molar-refractivity contribution in [1.82, 2.24) is 4.98 Å². The topological polar surface area (TPSA) is 63.3 Å². The number of allylic oxidation sites excluding steroid dienone is 2. The van der Waals surface area contributed by atoms with Gasteiger partial charge in [0.15, 0.2) is 11.4 Å². The Labute approximate surface area is 221 Å². The second-order valence-electron chi connectivity index (χ2n) is 8.98. The molecule has 0 amide bonds. The van der Waals surface area contributed by atoms with E-state index in [9.17, 15) is 4.79 Å². The zero-order valence-corrected chi connectivity index (χ0v) is 23.4. The maximum absolute atomic E-state index is 10.0. The average molecular weight is 647 g/mol. The third-order valence-electron chi connectivity index (χ3n) is 5.39. The van der Waals surface area contributed by atoms with E-state index < -0.39 is 0 Å². The van der Waals surface area contributed by atoms with E-state index in [2.05, 4.69) is 58.0 Å². The van der Waals surface area contributed by atoms with Crippen LogP contribution in [0.2, 0.25) is 0 Å². The van der Waals surface area contributed by atoms with Crippen LogP contribution in [0.3, 0.4) is 0 Å². The number of benzene rings is 2. The van der Waals surface area contributed by atoms with Gasteiger partial charge in [-0.15, -0.1) is 35.9 Å². The molecule has 1 N–H and O–H groups in total. The number of aliphatic hydroxyl groups is 1. The molecule has 35 heavy (non-hydrogen) atoms. The average Bonchev–Trinajstić information content (AvgIpc) is 3.21. The van der Waals surface area contributed by atoms with E-state index in [-0.39, 0.29) is 31.6 Å². The van der Waals surface area contributed by atoms with E-state index in [1.165, 1.54) is 36.6 Å². The first-order valence-electron chi connectivity index (χ1n) is 11.6. The van der Waals surface area contributed by atoms with E-state index in [1.54, 1.807) is 0 Å². The summed E-state index contributed by atoms with van der Waals surface area (Å²) in [5, 5.41) is 8.36. The molecule has 0 saturated carbocycles. The molecule has 0 spiro atoms. The van der Waals surface area contributed by atoms with Gasteiger partial charge in [0.1, 0.15) is 5.76 Å². The number of ketones is 1. The zero-order valence-electron chi connectivity index (χ0n) is 21.0. The summed E-state index contributed by atoms with van der Waals surface area (Å²) < 4.78 is 6.25. The van der Waals surface area contributed by atoms with Crippen molar-refractivity contribution in [1.29, 1.82) is 0 Å². The fourth-order valence-electron chi connectivity index (χ4n) is 3.88. The molecule has 2 heterocycles. The molecule has 4 nitrogen and oxygen atoms in total.